The van der Waals surface area contributed by atoms with Crippen molar-refractivity contribution in [3.8, 4) is 6.07 Å². The molecule has 3 atom stereocenters. The number of benzene rings is 2. The summed E-state index contributed by atoms with van der Waals surface area (Å²) in [6.45, 7) is 8.11. The number of aliphatic hydroxyl groups excluding tert-OH is 1. The molecule has 190 valence electrons. The number of carbonyl (C=O) groups excluding carboxylic acids is 3. The van der Waals surface area contributed by atoms with Crippen LogP contribution >= 0.6 is 0 Å². The molecular weight excluding hydrogens is 456 g/mol. The third kappa shape index (κ3) is 6.10. The van der Waals surface area contributed by atoms with E-state index < -0.39 is 18.2 Å². The molecule has 0 aromatic heterocycles. The van der Waals surface area contributed by atoms with Crippen LogP contribution in [-0.2, 0) is 27.5 Å². The van der Waals surface area contributed by atoms with Crippen molar-refractivity contribution in [1.29, 1.82) is 5.26 Å². The van der Waals surface area contributed by atoms with Crippen LogP contribution in [0, 0.1) is 31.1 Å². The van der Waals surface area contributed by atoms with Gasteiger partial charge in [-0.25, -0.2) is 0 Å². The van der Waals surface area contributed by atoms with Crippen LogP contribution in [0.25, 0.3) is 0 Å². The lowest BCUT2D eigenvalue weighted by atomic mass is 9.99. The Balaban J connectivity index is 1.77. The Morgan fingerprint density at radius 3 is 2.53 bits per heavy atom. The Hall–Kier alpha value is -3.70. The van der Waals surface area contributed by atoms with Gasteiger partial charge in [0.2, 0.25) is 18.2 Å². The topological polar surface area (TPSA) is 114 Å². The average molecular weight is 491 g/mol. The summed E-state index contributed by atoms with van der Waals surface area (Å²) in [6, 6.07) is 13.4. The Bertz CT molecular complexity index is 1160. The highest BCUT2D eigenvalue weighted by atomic mass is 16.3. The first-order chi connectivity index (χ1) is 17.2. The van der Waals surface area contributed by atoms with Crippen LogP contribution in [0.4, 0.5) is 0 Å². The second-order valence-electron chi connectivity index (χ2n) is 9.76. The van der Waals surface area contributed by atoms with Gasteiger partial charge in [0.15, 0.2) is 0 Å². The Morgan fingerprint density at radius 2 is 1.92 bits per heavy atom. The number of nitrogens with zero attached hydrogens (tertiary/aromatic N) is 3. The van der Waals surface area contributed by atoms with Gasteiger partial charge < -0.3 is 20.2 Å². The molecular formula is C28H34N4O4. The van der Waals surface area contributed by atoms with Crippen molar-refractivity contribution in [1.82, 2.24) is 15.1 Å². The molecule has 1 aliphatic heterocycles. The van der Waals surface area contributed by atoms with E-state index in [2.05, 4.69) is 11.4 Å². The van der Waals surface area contributed by atoms with E-state index in [4.69, 9.17) is 5.26 Å². The van der Waals surface area contributed by atoms with Crippen molar-refractivity contribution >= 4 is 18.2 Å². The molecule has 0 saturated carbocycles. The quantitative estimate of drug-likeness (QED) is 0.524. The zero-order chi connectivity index (χ0) is 26.4. The fraction of sp³-hybridized carbons (Fsp3) is 0.429. The molecule has 1 saturated heterocycles. The van der Waals surface area contributed by atoms with E-state index in [1.165, 1.54) is 9.80 Å². The number of nitriles is 1. The van der Waals surface area contributed by atoms with Crippen LogP contribution in [0.1, 0.15) is 48.1 Å². The first-order valence-corrected chi connectivity index (χ1v) is 12.2. The van der Waals surface area contributed by atoms with Crippen molar-refractivity contribution in [3.05, 3.63) is 70.3 Å². The van der Waals surface area contributed by atoms with Gasteiger partial charge in [0.1, 0.15) is 12.1 Å². The van der Waals surface area contributed by atoms with Crippen LogP contribution in [0.2, 0.25) is 0 Å². The summed E-state index contributed by atoms with van der Waals surface area (Å²) in [7, 11) is 0. The number of aryl methyl sites for hydroxylation is 2. The zero-order valence-electron chi connectivity index (χ0n) is 21.3. The second kappa shape index (κ2) is 11.8. The second-order valence-corrected chi connectivity index (χ2v) is 9.76. The lowest BCUT2D eigenvalue weighted by molar-refractivity contribution is -0.147. The summed E-state index contributed by atoms with van der Waals surface area (Å²) >= 11 is 0. The van der Waals surface area contributed by atoms with Crippen molar-refractivity contribution in [2.45, 2.75) is 65.4 Å². The largest absolute Gasteiger partial charge is 0.391 e. The Morgan fingerprint density at radius 1 is 1.19 bits per heavy atom. The van der Waals surface area contributed by atoms with Crippen LogP contribution < -0.4 is 5.32 Å². The predicted octanol–water partition coefficient (Wildman–Crippen LogP) is 2.44. The number of hydrogen-bond donors (Lipinski definition) is 2. The van der Waals surface area contributed by atoms with E-state index in [0.717, 1.165) is 22.3 Å². The normalized spacial score (nSPS) is 18.0. The minimum atomic E-state index is -0.834. The highest BCUT2D eigenvalue weighted by Crippen LogP contribution is 2.24. The molecule has 2 N–H and O–H groups in total. The van der Waals surface area contributed by atoms with Gasteiger partial charge >= 0.3 is 0 Å². The zero-order valence-corrected chi connectivity index (χ0v) is 21.3. The maximum Gasteiger partial charge on any atom is 0.246 e. The number of hydrogen-bond acceptors (Lipinski definition) is 5. The fourth-order valence-electron chi connectivity index (χ4n) is 4.74. The van der Waals surface area contributed by atoms with Crippen molar-refractivity contribution in [3.63, 3.8) is 0 Å². The number of rotatable bonds is 9. The summed E-state index contributed by atoms with van der Waals surface area (Å²) in [4.78, 5) is 41.9. The lowest BCUT2D eigenvalue weighted by Crippen LogP contribution is -2.55. The maximum atomic E-state index is 13.7. The summed E-state index contributed by atoms with van der Waals surface area (Å²) in [5.74, 6) is -0.908. The summed E-state index contributed by atoms with van der Waals surface area (Å²) in [6.07, 6.45) is -0.00653. The predicted molar refractivity (Wildman–Crippen MR) is 135 cm³/mol. The van der Waals surface area contributed by atoms with Gasteiger partial charge in [-0.1, -0.05) is 44.2 Å². The summed E-state index contributed by atoms with van der Waals surface area (Å²) in [5.41, 5.74) is 4.25. The van der Waals surface area contributed by atoms with Gasteiger partial charge in [-0.2, -0.15) is 5.26 Å². The van der Waals surface area contributed by atoms with E-state index in [-0.39, 0.29) is 43.8 Å². The van der Waals surface area contributed by atoms with Crippen molar-refractivity contribution in [2.75, 3.05) is 6.54 Å². The molecule has 2 aromatic carbocycles. The van der Waals surface area contributed by atoms with Gasteiger partial charge in [-0.05, 0) is 54.2 Å². The van der Waals surface area contributed by atoms with Crippen molar-refractivity contribution in [2.24, 2.45) is 5.92 Å². The van der Waals surface area contributed by atoms with Crippen LogP contribution in [0.15, 0.2) is 42.5 Å². The number of nitrogens with one attached hydrogen (secondary N) is 1. The third-order valence-corrected chi connectivity index (χ3v) is 6.78. The number of aliphatic hydroxyl groups is 1. The highest BCUT2D eigenvalue weighted by molar-refractivity contribution is 5.91. The Kier molecular flexibility index (Phi) is 8.83. The molecule has 8 nitrogen and oxygen atoms in total. The molecule has 8 heteroatoms. The molecule has 3 amide bonds. The van der Waals surface area contributed by atoms with E-state index in [0.29, 0.717) is 12.0 Å². The van der Waals surface area contributed by atoms with E-state index in [1.54, 1.807) is 18.2 Å². The Labute approximate surface area is 212 Å². The SMILES string of the molecule is Cc1cc(C#N)ccc1CNC(=O)C1CC(O)CN1C(=O)C(C(C)C)N(C=O)Cc1ccccc1C. The van der Waals surface area contributed by atoms with Gasteiger partial charge in [-0.3, -0.25) is 14.4 Å². The number of amides is 3. The molecule has 0 aliphatic carbocycles. The van der Waals surface area contributed by atoms with Crippen LogP contribution in [-0.4, -0.2) is 57.9 Å². The molecule has 1 heterocycles. The smallest absolute Gasteiger partial charge is 0.246 e. The molecule has 3 rings (SSSR count). The fourth-order valence-corrected chi connectivity index (χ4v) is 4.74. The minimum absolute atomic E-state index is 0.0348. The number of likely N-dealkylation sites (tertiary alicyclic amines) is 1. The summed E-state index contributed by atoms with van der Waals surface area (Å²) < 4.78 is 0. The molecule has 1 fully saturated rings. The molecule has 36 heavy (non-hydrogen) atoms. The van der Waals surface area contributed by atoms with Crippen LogP contribution in [0.3, 0.4) is 0 Å². The standard InChI is InChI=1S/C28H34N4O4/c1-18(2)26(31(17-33)15-23-8-6-5-7-19(23)3)28(36)32-16-24(34)12-25(32)27(35)30-14-22-10-9-21(13-29)11-20(22)4/h5-11,17-18,24-26,34H,12,14-16H2,1-4H3,(H,30,35). The number of β-amino-alcohol motifs (C(OH)–C–C–N with tert-alkyl or cyclic N) is 1. The molecule has 3 unspecified atom stereocenters. The third-order valence-electron chi connectivity index (χ3n) is 6.78. The van der Waals surface area contributed by atoms with Gasteiger partial charge in [-0.15, -0.1) is 0 Å². The van der Waals surface area contributed by atoms with E-state index in [1.807, 2.05) is 52.0 Å². The van der Waals surface area contributed by atoms with Gasteiger partial charge in [0, 0.05) is 26.1 Å². The monoisotopic (exact) mass is 490 g/mol. The molecule has 2 aromatic rings. The average Bonchev–Trinajstić information content (AvgIpc) is 3.25. The van der Waals surface area contributed by atoms with Gasteiger partial charge in [0.25, 0.3) is 0 Å². The number of carbonyl (C=O) groups is 3. The maximum absolute atomic E-state index is 13.7. The van der Waals surface area contributed by atoms with Gasteiger partial charge in [0.05, 0.1) is 17.7 Å². The van der Waals surface area contributed by atoms with Crippen molar-refractivity contribution < 1.29 is 19.5 Å². The van der Waals surface area contributed by atoms with E-state index >= 15 is 0 Å². The van der Waals surface area contributed by atoms with E-state index in [9.17, 15) is 19.5 Å². The first-order valence-electron chi connectivity index (χ1n) is 12.2. The molecule has 0 spiro atoms. The minimum Gasteiger partial charge on any atom is -0.391 e. The summed E-state index contributed by atoms with van der Waals surface area (Å²) in [5, 5.41) is 22.3. The highest BCUT2D eigenvalue weighted by Gasteiger charge is 2.43. The van der Waals surface area contributed by atoms with Crippen LogP contribution in [0.5, 0.6) is 0 Å². The molecule has 0 bridgehead atoms. The molecule has 1 aliphatic rings. The lowest BCUT2D eigenvalue weighted by Gasteiger charge is -2.35. The molecule has 0 radical (unpaired) electrons. The first kappa shape index (κ1) is 26.9.